The first kappa shape index (κ1) is 17.4. The number of para-hydroxylation sites is 2. The number of hydrogen-bond acceptors (Lipinski definition) is 4. The number of aromatic amines is 1. The molecule has 3 aromatic rings. The Balaban J connectivity index is 1.61. The molecule has 0 saturated heterocycles. The van der Waals surface area contributed by atoms with Crippen molar-refractivity contribution >= 4 is 34.9 Å². The molecule has 1 heterocycles. The maximum Gasteiger partial charge on any atom is 0.251 e. The lowest BCUT2D eigenvalue weighted by molar-refractivity contribution is -0.124. The number of H-pyrrole nitrogens is 1. The lowest BCUT2D eigenvalue weighted by atomic mass is 10.2. The third kappa shape index (κ3) is 4.34. The van der Waals surface area contributed by atoms with Gasteiger partial charge in [0, 0.05) is 6.08 Å². The summed E-state index contributed by atoms with van der Waals surface area (Å²) in [6, 6.07) is 15.5. The number of nitrogens with one attached hydrogen (secondary N) is 3. The second-order valence-corrected chi connectivity index (χ2v) is 5.58. The van der Waals surface area contributed by atoms with E-state index in [0.717, 1.165) is 11.1 Å². The van der Waals surface area contributed by atoms with Crippen molar-refractivity contribution in [2.24, 2.45) is 0 Å². The van der Waals surface area contributed by atoms with E-state index in [-0.39, 0.29) is 5.95 Å². The molecule has 0 unspecified atom stereocenters. The van der Waals surface area contributed by atoms with Crippen molar-refractivity contribution in [3.05, 3.63) is 66.2 Å². The van der Waals surface area contributed by atoms with E-state index >= 15 is 0 Å². The first-order valence-electron chi connectivity index (χ1n) is 8.06. The smallest absolute Gasteiger partial charge is 0.251 e. The van der Waals surface area contributed by atoms with Gasteiger partial charge in [-0.2, -0.15) is 0 Å². The summed E-state index contributed by atoms with van der Waals surface area (Å²) in [5, 5.41) is 14.4. The van der Waals surface area contributed by atoms with Gasteiger partial charge >= 0.3 is 0 Å². The number of benzene rings is 2. The topological polar surface area (TPSA) is 107 Å². The fourth-order valence-corrected chi connectivity index (χ4v) is 2.37. The van der Waals surface area contributed by atoms with Crippen LogP contribution in [0.25, 0.3) is 17.1 Å². The Hall–Kier alpha value is -3.45. The van der Waals surface area contributed by atoms with Crippen LogP contribution in [0.15, 0.2) is 60.7 Å². The van der Waals surface area contributed by atoms with E-state index in [2.05, 4.69) is 20.6 Å². The van der Waals surface area contributed by atoms with Gasteiger partial charge in [-0.05, 0) is 23.8 Å². The molecular formula is C19H18N4O3. The second kappa shape index (κ2) is 8.09. The van der Waals surface area contributed by atoms with Crippen LogP contribution >= 0.6 is 0 Å². The first-order valence-corrected chi connectivity index (χ1v) is 8.06. The number of nitrogens with zero attached hydrogens (tertiary/aromatic N) is 1. The number of anilines is 1. The molecule has 0 radical (unpaired) electrons. The van der Waals surface area contributed by atoms with Crippen LogP contribution in [-0.4, -0.2) is 39.5 Å². The zero-order valence-electron chi connectivity index (χ0n) is 13.8. The van der Waals surface area contributed by atoms with Gasteiger partial charge in [0.15, 0.2) is 0 Å². The Labute approximate surface area is 149 Å². The molecule has 0 aliphatic heterocycles. The molecule has 7 nitrogen and oxygen atoms in total. The molecule has 2 aromatic carbocycles. The van der Waals surface area contributed by atoms with Crippen LogP contribution in [0, 0.1) is 0 Å². The van der Waals surface area contributed by atoms with E-state index in [1.54, 1.807) is 12.1 Å². The van der Waals surface area contributed by atoms with Gasteiger partial charge in [0.1, 0.15) is 6.04 Å². The summed E-state index contributed by atoms with van der Waals surface area (Å²) in [4.78, 5) is 31.4. The van der Waals surface area contributed by atoms with Crippen molar-refractivity contribution in [2.75, 3.05) is 11.9 Å². The van der Waals surface area contributed by atoms with Gasteiger partial charge in [0.05, 0.1) is 17.6 Å². The highest BCUT2D eigenvalue weighted by molar-refractivity contribution is 6.00. The van der Waals surface area contributed by atoms with Crippen LogP contribution in [0.4, 0.5) is 5.95 Å². The molecule has 0 bridgehead atoms. The quantitative estimate of drug-likeness (QED) is 0.508. The van der Waals surface area contributed by atoms with Gasteiger partial charge < -0.3 is 15.4 Å². The summed E-state index contributed by atoms with van der Waals surface area (Å²) in [5.41, 5.74) is 2.34. The predicted octanol–water partition coefficient (Wildman–Crippen LogP) is 1.69. The van der Waals surface area contributed by atoms with Gasteiger partial charge in [0.25, 0.3) is 5.91 Å². The van der Waals surface area contributed by atoms with Crippen LogP contribution in [0.1, 0.15) is 5.56 Å². The number of hydrogen-bond donors (Lipinski definition) is 4. The van der Waals surface area contributed by atoms with Gasteiger partial charge in [-0.3, -0.25) is 14.9 Å². The average Bonchev–Trinajstić information content (AvgIpc) is 3.07. The third-order valence-corrected chi connectivity index (χ3v) is 3.67. The van der Waals surface area contributed by atoms with E-state index in [1.807, 2.05) is 48.5 Å². The number of aromatic nitrogens is 2. The van der Waals surface area contributed by atoms with Gasteiger partial charge in [-0.15, -0.1) is 0 Å². The minimum Gasteiger partial charge on any atom is -0.394 e. The monoisotopic (exact) mass is 350 g/mol. The van der Waals surface area contributed by atoms with Crippen LogP contribution in [0.3, 0.4) is 0 Å². The Morgan fingerprint density at radius 1 is 1.12 bits per heavy atom. The summed E-state index contributed by atoms with van der Waals surface area (Å²) in [7, 11) is 0. The number of amides is 2. The molecule has 26 heavy (non-hydrogen) atoms. The van der Waals surface area contributed by atoms with Gasteiger partial charge in [0.2, 0.25) is 11.9 Å². The average molecular weight is 350 g/mol. The van der Waals surface area contributed by atoms with Crippen molar-refractivity contribution in [2.45, 2.75) is 6.04 Å². The lowest BCUT2D eigenvalue weighted by Crippen LogP contribution is -2.45. The van der Waals surface area contributed by atoms with Crippen LogP contribution in [0.5, 0.6) is 0 Å². The highest BCUT2D eigenvalue weighted by Gasteiger charge is 2.20. The Morgan fingerprint density at radius 2 is 1.85 bits per heavy atom. The summed E-state index contributed by atoms with van der Waals surface area (Å²) >= 11 is 0. The maximum atomic E-state index is 12.3. The number of aliphatic hydroxyl groups excluding tert-OH is 1. The molecular weight excluding hydrogens is 332 g/mol. The molecule has 0 fully saturated rings. The molecule has 7 heteroatoms. The zero-order valence-corrected chi connectivity index (χ0v) is 13.8. The predicted molar refractivity (Wildman–Crippen MR) is 99.2 cm³/mol. The molecule has 0 saturated carbocycles. The Bertz CT molecular complexity index is 901. The number of imidazole rings is 1. The number of carbonyl (C=O) groups excluding carboxylic acids is 2. The van der Waals surface area contributed by atoms with E-state index < -0.39 is 24.5 Å². The van der Waals surface area contributed by atoms with Crippen molar-refractivity contribution in [1.29, 1.82) is 0 Å². The number of fused-ring (bicyclic) bond motifs is 1. The molecule has 132 valence electrons. The van der Waals surface area contributed by atoms with E-state index in [0.29, 0.717) is 5.52 Å². The van der Waals surface area contributed by atoms with E-state index in [1.165, 1.54) is 6.08 Å². The van der Waals surface area contributed by atoms with Crippen molar-refractivity contribution in [3.8, 4) is 0 Å². The zero-order chi connectivity index (χ0) is 18.4. The third-order valence-electron chi connectivity index (χ3n) is 3.67. The second-order valence-electron chi connectivity index (χ2n) is 5.58. The van der Waals surface area contributed by atoms with Crippen molar-refractivity contribution in [1.82, 2.24) is 15.3 Å². The molecule has 3 rings (SSSR count). The molecule has 0 aliphatic rings. The normalized spacial score (nSPS) is 12.2. The minimum absolute atomic E-state index is 0.253. The van der Waals surface area contributed by atoms with Crippen LogP contribution in [0.2, 0.25) is 0 Å². The SMILES string of the molecule is O=C(C=Cc1ccccc1)N[C@@H](CO)C(=O)Nc1nc2ccccc2[nH]1. The van der Waals surface area contributed by atoms with Crippen LogP contribution < -0.4 is 10.6 Å². The van der Waals surface area contributed by atoms with Gasteiger partial charge in [-0.25, -0.2) is 4.98 Å². The molecule has 0 aliphatic carbocycles. The van der Waals surface area contributed by atoms with E-state index in [9.17, 15) is 14.7 Å². The molecule has 1 atom stereocenters. The lowest BCUT2D eigenvalue weighted by Gasteiger charge is -2.13. The molecule has 4 N–H and O–H groups in total. The maximum absolute atomic E-state index is 12.3. The summed E-state index contributed by atoms with van der Waals surface area (Å²) < 4.78 is 0. The number of carbonyl (C=O) groups is 2. The van der Waals surface area contributed by atoms with E-state index in [4.69, 9.17) is 0 Å². The number of rotatable bonds is 6. The largest absolute Gasteiger partial charge is 0.394 e. The first-order chi connectivity index (χ1) is 12.7. The standard InChI is InChI=1S/C19H18N4O3/c24-12-16(20-17(25)11-10-13-6-2-1-3-7-13)18(26)23-19-21-14-8-4-5-9-15(14)22-19/h1-11,16,24H,12H2,(H,20,25)(H2,21,22,23,26)/t16-/m0/s1. The summed E-state index contributed by atoms with van der Waals surface area (Å²) in [6.07, 6.45) is 2.94. The van der Waals surface area contributed by atoms with Gasteiger partial charge in [-0.1, -0.05) is 42.5 Å². The Morgan fingerprint density at radius 3 is 2.58 bits per heavy atom. The fraction of sp³-hybridized carbons (Fsp3) is 0.105. The number of aliphatic hydroxyl groups is 1. The highest BCUT2D eigenvalue weighted by Crippen LogP contribution is 2.13. The highest BCUT2D eigenvalue weighted by atomic mass is 16.3. The molecule has 0 spiro atoms. The molecule has 2 amide bonds. The summed E-state index contributed by atoms with van der Waals surface area (Å²) in [5.74, 6) is -0.788. The summed E-state index contributed by atoms with van der Waals surface area (Å²) in [6.45, 7) is -0.531. The van der Waals surface area contributed by atoms with Crippen molar-refractivity contribution < 1.29 is 14.7 Å². The minimum atomic E-state index is -1.09. The Kier molecular flexibility index (Phi) is 5.40. The fourth-order valence-electron chi connectivity index (χ4n) is 2.37. The molecule has 1 aromatic heterocycles. The van der Waals surface area contributed by atoms with Crippen LogP contribution in [-0.2, 0) is 9.59 Å². The van der Waals surface area contributed by atoms with Crippen molar-refractivity contribution in [3.63, 3.8) is 0 Å².